The van der Waals surface area contributed by atoms with Gasteiger partial charge in [0.15, 0.2) is 0 Å². The minimum absolute atomic E-state index is 0. The Balaban J connectivity index is 0. The summed E-state index contributed by atoms with van der Waals surface area (Å²) in [4.78, 5) is 0. The van der Waals surface area contributed by atoms with Crippen molar-refractivity contribution in [2.45, 2.75) is 0 Å². The van der Waals surface area contributed by atoms with Gasteiger partial charge in [-0.3, -0.25) is 0 Å². The predicted molar refractivity (Wildman–Crippen MR) is 1.37 cm³/mol. The van der Waals surface area contributed by atoms with Crippen LogP contribution >= 0.6 is 0 Å². The maximum absolute atomic E-state index is 8.59. The zero-order valence-corrected chi connectivity index (χ0v) is 9.52. The Morgan fingerprint density at radius 1 is 1.17 bits per heavy atom. The van der Waals surface area contributed by atoms with E-state index >= 15 is 0 Å². The Labute approximate surface area is 57.1 Å². The third-order valence-electron chi connectivity index (χ3n) is 0. The molecule has 0 bridgehead atoms. The first kappa shape index (κ1) is 10.1. The second-order valence-corrected chi connectivity index (χ2v) is 1.68. The van der Waals surface area contributed by atoms with E-state index in [-0.39, 0.29) is 27.7 Å². The monoisotopic (exact) mass is 318 g/mol. The molecule has 0 aliphatic carbocycles. The molecule has 0 fully saturated rings. The molecule has 0 aliphatic rings. The van der Waals surface area contributed by atoms with Crippen LogP contribution in [0, 0.1) is 0 Å². The second kappa shape index (κ2) is 3.05. The molecule has 0 heterocycles. The first-order valence-electron chi connectivity index (χ1n) is 0.667. The quantitative estimate of drug-likeness (QED) is 0.458. The van der Waals surface area contributed by atoms with Gasteiger partial charge in [-0.15, -0.1) is 0 Å². The van der Waals surface area contributed by atoms with Crippen molar-refractivity contribution in [2.75, 3.05) is 0 Å². The summed E-state index contributed by atoms with van der Waals surface area (Å²) in [6.45, 7) is 0. The zero-order valence-electron chi connectivity index (χ0n) is 2.75. The van der Waals surface area contributed by atoms with Crippen molar-refractivity contribution in [3.8, 4) is 0 Å². The van der Waals surface area contributed by atoms with Crippen molar-refractivity contribution < 1.29 is 57.2 Å². The molecule has 0 saturated heterocycles. The summed E-state index contributed by atoms with van der Waals surface area (Å²) >= 11 is -5.75. The van der Waals surface area contributed by atoms with Gasteiger partial charge in [0.2, 0.25) is 0 Å². The van der Waals surface area contributed by atoms with Crippen molar-refractivity contribution in [1.29, 1.82) is 0 Å². The fourth-order valence-corrected chi connectivity index (χ4v) is 0. The summed E-state index contributed by atoms with van der Waals surface area (Å²) in [5.74, 6) is 0. The molecule has 0 atom stereocenters. The molecule has 0 aromatic rings. The molecule has 0 aromatic carbocycles. The molecular formula is CrHgO4. The third-order valence-corrected chi connectivity index (χ3v) is 0. The van der Waals surface area contributed by atoms with E-state index in [2.05, 4.69) is 0 Å². The summed E-state index contributed by atoms with van der Waals surface area (Å²) < 4.78 is 34.4. The molecule has 0 amide bonds. The molecule has 0 N–H and O–H groups in total. The standard InChI is InChI=1S/Cr.Hg.4O/q;+2;;;2*-1. The van der Waals surface area contributed by atoms with Gasteiger partial charge in [0, 0.05) is 0 Å². The molecule has 0 aliphatic heterocycles. The van der Waals surface area contributed by atoms with Crippen LogP contribution < -0.4 is 8.32 Å². The van der Waals surface area contributed by atoms with Crippen LogP contribution in [0.15, 0.2) is 0 Å². The van der Waals surface area contributed by atoms with Crippen LogP contribution in [0.25, 0.3) is 0 Å². The van der Waals surface area contributed by atoms with Gasteiger partial charge in [-0.1, -0.05) is 0 Å². The molecule has 0 saturated carbocycles. The van der Waals surface area contributed by atoms with Crippen molar-refractivity contribution in [2.24, 2.45) is 0 Å². The van der Waals surface area contributed by atoms with E-state index in [1.165, 1.54) is 0 Å². The van der Waals surface area contributed by atoms with Gasteiger partial charge in [-0.2, -0.15) is 0 Å². The van der Waals surface area contributed by atoms with Gasteiger partial charge in [-0.25, -0.2) is 0 Å². The Bertz CT molecular complexity index is 90.7. The second-order valence-electron chi connectivity index (χ2n) is 0.408. The van der Waals surface area contributed by atoms with Gasteiger partial charge in [-0.05, 0) is 0 Å². The molecule has 0 rings (SSSR count). The number of rotatable bonds is 0. The van der Waals surface area contributed by atoms with Crippen LogP contribution in [-0.4, -0.2) is 0 Å². The Hall–Kier alpha value is 0.988. The van der Waals surface area contributed by atoms with Crippen molar-refractivity contribution in [3.05, 3.63) is 0 Å². The molecule has 0 spiro atoms. The molecule has 4 nitrogen and oxygen atoms in total. The molecule has 6 heteroatoms. The molecule has 6 heavy (non-hydrogen) atoms. The van der Waals surface area contributed by atoms with E-state index in [9.17, 15) is 0 Å². The van der Waals surface area contributed by atoms with Crippen molar-refractivity contribution in [3.63, 3.8) is 0 Å². The van der Waals surface area contributed by atoms with Crippen molar-refractivity contribution in [1.82, 2.24) is 0 Å². The first-order valence-corrected chi connectivity index (χ1v) is 2.75. The minimum atomic E-state index is -5.75. The molecule has 0 radical (unpaired) electrons. The zero-order chi connectivity index (χ0) is 4.50. The summed E-state index contributed by atoms with van der Waals surface area (Å²) in [6.07, 6.45) is 0. The van der Waals surface area contributed by atoms with E-state index in [4.69, 9.17) is 15.9 Å². The molecule has 0 unspecified atom stereocenters. The van der Waals surface area contributed by atoms with Gasteiger partial charge in [0.05, 0.1) is 0 Å². The fourth-order valence-electron chi connectivity index (χ4n) is 0. The van der Waals surface area contributed by atoms with Crippen LogP contribution in [0.3, 0.4) is 0 Å². The first-order chi connectivity index (χ1) is 2.00. The summed E-state index contributed by atoms with van der Waals surface area (Å²) in [5, 5.41) is 0. The normalized spacial score (nSPS) is 9.67. The summed E-state index contributed by atoms with van der Waals surface area (Å²) in [6, 6.07) is 0. The molecular weight excluding hydrogens is 317 g/mol. The van der Waals surface area contributed by atoms with Gasteiger partial charge in [0.1, 0.15) is 0 Å². The van der Waals surface area contributed by atoms with E-state index in [1.807, 2.05) is 0 Å². The molecule has 0 aromatic heterocycles. The topological polar surface area (TPSA) is 80.3 Å². The third kappa shape index (κ3) is 81.3. The van der Waals surface area contributed by atoms with Crippen LogP contribution in [0.2, 0.25) is 0 Å². The van der Waals surface area contributed by atoms with Crippen LogP contribution in [0.5, 0.6) is 0 Å². The molecule has 32 valence electrons. The average molecular weight is 317 g/mol. The van der Waals surface area contributed by atoms with E-state index in [1.54, 1.807) is 0 Å². The number of hydrogen-bond acceptors (Lipinski definition) is 4. The summed E-state index contributed by atoms with van der Waals surface area (Å²) in [5.41, 5.74) is 0. The van der Waals surface area contributed by atoms with E-state index < -0.39 is 13.6 Å². The van der Waals surface area contributed by atoms with Crippen LogP contribution in [0.1, 0.15) is 0 Å². The summed E-state index contributed by atoms with van der Waals surface area (Å²) in [7, 11) is 0. The SMILES string of the molecule is [Hg+2].[O]=[Cr](=[O])([O-])[O-]. The van der Waals surface area contributed by atoms with Crippen LogP contribution in [0.4, 0.5) is 0 Å². The predicted octanol–water partition coefficient (Wildman–Crippen LogP) is -2.62. The maximum atomic E-state index is 8.59. The van der Waals surface area contributed by atoms with Gasteiger partial charge >= 0.3 is 57.2 Å². The van der Waals surface area contributed by atoms with E-state index in [0.29, 0.717) is 0 Å². The number of hydrogen-bond donors (Lipinski definition) is 0. The van der Waals surface area contributed by atoms with Crippen LogP contribution in [-0.2, 0) is 48.9 Å². The van der Waals surface area contributed by atoms with Gasteiger partial charge in [0.25, 0.3) is 0 Å². The fraction of sp³-hybridized carbons (Fsp3) is 0. The average Bonchev–Trinajstić information content (AvgIpc) is 0.722. The Morgan fingerprint density at radius 2 is 1.17 bits per heavy atom. The van der Waals surface area contributed by atoms with Gasteiger partial charge < -0.3 is 0 Å². The Kier molecular flexibility index (Phi) is 5.12. The Morgan fingerprint density at radius 3 is 1.17 bits per heavy atom. The van der Waals surface area contributed by atoms with E-state index in [0.717, 1.165) is 0 Å². The van der Waals surface area contributed by atoms with Crippen molar-refractivity contribution >= 4 is 0 Å².